The van der Waals surface area contributed by atoms with Crippen LogP contribution in [0.25, 0.3) is 10.9 Å². The van der Waals surface area contributed by atoms with E-state index in [1.165, 1.54) is 0 Å². The Kier molecular flexibility index (Phi) is 9.49. The van der Waals surface area contributed by atoms with Gasteiger partial charge in [-0.05, 0) is 42.8 Å². The number of rotatable bonds is 8. The molecule has 3 aromatic rings. The highest BCUT2D eigenvalue weighted by molar-refractivity contribution is 14.0. The van der Waals surface area contributed by atoms with Gasteiger partial charge in [0.15, 0.2) is 5.96 Å². The zero-order chi connectivity index (χ0) is 19.6. The van der Waals surface area contributed by atoms with Crippen LogP contribution in [0.1, 0.15) is 12.5 Å². The number of nitrogens with zero attached hydrogens (tertiary/aromatic N) is 2. The average Bonchev–Trinajstić information content (AvgIpc) is 2.75. The summed E-state index contributed by atoms with van der Waals surface area (Å²) in [6.07, 6.45) is 1.81. The summed E-state index contributed by atoms with van der Waals surface area (Å²) in [4.78, 5) is 9.17. The first-order valence-corrected chi connectivity index (χ1v) is 9.42. The molecule has 154 valence electrons. The van der Waals surface area contributed by atoms with E-state index in [4.69, 9.17) is 9.47 Å². The van der Waals surface area contributed by atoms with Crippen LogP contribution in [0.4, 0.5) is 0 Å². The third-order valence-corrected chi connectivity index (χ3v) is 4.19. The van der Waals surface area contributed by atoms with Crippen molar-refractivity contribution in [2.45, 2.75) is 13.5 Å². The van der Waals surface area contributed by atoms with Gasteiger partial charge in [0, 0.05) is 18.1 Å². The molecular weight excluding hydrogens is 479 g/mol. The highest BCUT2D eigenvalue weighted by Gasteiger charge is 2.03. The van der Waals surface area contributed by atoms with Crippen LogP contribution in [0.5, 0.6) is 11.5 Å². The number of hydrogen-bond donors (Lipinski definition) is 2. The molecule has 0 fully saturated rings. The largest absolute Gasteiger partial charge is 0.497 e. The summed E-state index contributed by atoms with van der Waals surface area (Å²) in [5.41, 5.74) is 2.09. The van der Waals surface area contributed by atoms with Crippen LogP contribution in [0.3, 0.4) is 0 Å². The lowest BCUT2D eigenvalue weighted by molar-refractivity contribution is 0.321. The summed E-state index contributed by atoms with van der Waals surface area (Å²) in [5, 5.41) is 7.69. The predicted molar refractivity (Wildman–Crippen MR) is 128 cm³/mol. The Morgan fingerprint density at radius 3 is 2.52 bits per heavy atom. The molecule has 0 aliphatic heterocycles. The molecule has 2 aromatic carbocycles. The molecule has 0 spiro atoms. The minimum absolute atomic E-state index is 0. The van der Waals surface area contributed by atoms with Crippen LogP contribution in [0.15, 0.2) is 65.8 Å². The number of aliphatic imine (C=N–C) groups is 1. The van der Waals surface area contributed by atoms with Gasteiger partial charge in [0.05, 0.1) is 25.7 Å². The molecule has 1 aromatic heterocycles. The Hall–Kier alpha value is -2.55. The summed E-state index contributed by atoms with van der Waals surface area (Å²) in [6, 6.07) is 17.7. The third kappa shape index (κ3) is 6.77. The van der Waals surface area contributed by atoms with Crippen LogP contribution in [-0.2, 0) is 6.54 Å². The third-order valence-electron chi connectivity index (χ3n) is 4.19. The van der Waals surface area contributed by atoms with Crippen LogP contribution in [0, 0.1) is 0 Å². The fraction of sp³-hybridized carbons (Fsp3) is 0.273. The Labute approximate surface area is 188 Å². The van der Waals surface area contributed by atoms with Crippen molar-refractivity contribution in [2.24, 2.45) is 4.99 Å². The smallest absolute Gasteiger partial charge is 0.191 e. The van der Waals surface area contributed by atoms with Crippen LogP contribution in [0.2, 0.25) is 0 Å². The molecule has 6 nitrogen and oxygen atoms in total. The number of aromatic nitrogens is 1. The number of ether oxygens (including phenoxy) is 2. The molecule has 0 bridgehead atoms. The van der Waals surface area contributed by atoms with E-state index in [-0.39, 0.29) is 24.0 Å². The molecular formula is C22H27IN4O2. The van der Waals surface area contributed by atoms with Crippen molar-refractivity contribution in [3.05, 3.63) is 66.4 Å². The predicted octanol–water partition coefficient (Wildman–Crippen LogP) is 4.00. The van der Waals surface area contributed by atoms with Crippen molar-refractivity contribution >= 4 is 40.8 Å². The number of fused-ring (bicyclic) bond motifs is 1. The summed E-state index contributed by atoms with van der Waals surface area (Å²) in [6.45, 7) is 4.57. The van der Waals surface area contributed by atoms with Crippen LogP contribution >= 0.6 is 24.0 Å². The molecule has 0 aliphatic rings. The monoisotopic (exact) mass is 506 g/mol. The van der Waals surface area contributed by atoms with Crippen molar-refractivity contribution in [3.8, 4) is 11.5 Å². The minimum Gasteiger partial charge on any atom is -0.497 e. The number of pyridine rings is 1. The molecule has 0 unspecified atom stereocenters. The van der Waals surface area contributed by atoms with Crippen molar-refractivity contribution in [2.75, 3.05) is 26.8 Å². The number of nitrogens with one attached hydrogen (secondary N) is 2. The van der Waals surface area contributed by atoms with Crippen molar-refractivity contribution < 1.29 is 9.47 Å². The lowest BCUT2D eigenvalue weighted by Crippen LogP contribution is -2.39. The number of benzene rings is 2. The fourth-order valence-electron chi connectivity index (χ4n) is 2.81. The normalized spacial score (nSPS) is 10.9. The quantitative estimate of drug-likeness (QED) is 0.209. The molecule has 29 heavy (non-hydrogen) atoms. The number of para-hydroxylation sites is 1. The van der Waals surface area contributed by atoms with E-state index < -0.39 is 0 Å². The van der Waals surface area contributed by atoms with E-state index in [1.807, 2.05) is 49.5 Å². The molecule has 0 atom stereocenters. The second kappa shape index (κ2) is 12.1. The van der Waals surface area contributed by atoms with Gasteiger partial charge >= 0.3 is 0 Å². The average molecular weight is 506 g/mol. The molecule has 0 aliphatic carbocycles. The summed E-state index contributed by atoms with van der Waals surface area (Å²) >= 11 is 0. The lowest BCUT2D eigenvalue weighted by Gasteiger charge is -2.12. The zero-order valence-corrected chi connectivity index (χ0v) is 19.1. The second-order valence-corrected chi connectivity index (χ2v) is 6.14. The van der Waals surface area contributed by atoms with Gasteiger partial charge in [-0.2, -0.15) is 0 Å². The van der Waals surface area contributed by atoms with E-state index >= 15 is 0 Å². The van der Waals surface area contributed by atoms with Crippen molar-refractivity contribution in [1.29, 1.82) is 0 Å². The minimum atomic E-state index is 0. The number of hydrogen-bond acceptors (Lipinski definition) is 4. The van der Waals surface area contributed by atoms with E-state index in [0.29, 0.717) is 19.7 Å². The van der Waals surface area contributed by atoms with Crippen molar-refractivity contribution in [3.63, 3.8) is 0 Å². The van der Waals surface area contributed by atoms with Crippen molar-refractivity contribution in [1.82, 2.24) is 15.6 Å². The maximum absolute atomic E-state index is 5.74. The van der Waals surface area contributed by atoms with E-state index in [9.17, 15) is 0 Å². The molecule has 0 saturated carbocycles. The summed E-state index contributed by atoms with van der Waals surface area (Å²) in [5.74, 6) is 2.38. The topological polar surface area (TPSA) is 67.8 Å². The first kappa shape index (κ1) is 22.7. The molecule has 0 saturated heterocycles. The van der Waals surface area contributed by atoms with E-state index in [0.717, 1.165) is 40.5 Å². The highest BCUT2D eigenvalue weighted by atomic mass is 127. The van der Waals surface area contributed by atoms with Gasteiger partial charge in [-0.25, -0.2) is 4.99 Å². The van der Waals surface area contributed by atoms with Gasteiger partial charge in [-0.1, -0.05) is 24.3 Å². The number of guanidine groups is 1. The molecule has 0 radical (unpaired) electrons. The Morgan fingerprint density at radius 2 is 1.76 bits per heavy atom. The van der Waals surface area contributed by atoms with E-state index in [1.54, 1.807) is 7.11 Å². The maximum Gasteiger partial charge on any atom is 0.191 e. The number of methoxy groups -OCH3 is 1. The fourth-order valence-corrected chi connectivity index (χ4v) is 2.81. The van der Waals surface area contributed by atoms with Gasteiger partial charge in [0.25, 0.3) is 0 Å². The number of halogens is 1. The first-order chi connectivity index (χ1) is 13.8. The van der Waals surface area contributed by atoms with Gasteiger partial charge in [-0.3, -0.25) is 4.98 Å². The van der Waals surface area contributed by atoms with Gasteiger partial charge < -0.3 is 20.1 Å². The van der Waals surface area contributed by atoms with Crippen LogP contribution < -0.4 is 20.1 Å². The highest BCUT2D eigenvalue weighted by Crippen LogP contribution is 2.17. The molecule has 1 heterocycles. The van der Waals surface area contributed by atoms with E-state index in [2.05, 4.69) is 38.8 Å². The lowest BCUT2D eigenvalue weighted by atomic mass is 10.1. The van der Waals surface area contributed by atoms with Crippen LogP contribution in [-0.4, -0.2) is 37.7 Å². The Morgan fingerprint density at radius 1 is 1.00 bits per heavy atom. The molecule has 7 heteroatoms. The Bertz CT molecular complexity index is 911. The maximum atomic E-state index is 5.74. The SMILES string of the molecule is CCNC(=NCc1cccc2cccnc12)NCCOc1ccc(OC)cc1.I. The van der Waals surface area contributed by atoms with Gasteiger partial charge in [0.2, 0.25) is 0 Å². The Balaban J connectivity index is 0.00000300. The first-order valence-electron chi connectivity index (χ1n) is 9.42. The zero-order valence-electron chi connectivity index (χ0n) is 16.7. The van der Waals surface area contributed by atoms with Gasteiger partial charge in [-0.15, -0.1) is 24.0 Å². The summed E-state index contributed by atoms with van der Waals surface area (Å²) < 4.78 is 10.9. The standard InChI is InChI=1S/C22H26N4O2.HI/c1-3-23-22(25-14-15-28-20-11-9-19(27-2)10-12-20)26-16-18-7-4-6-17-8-5-13-24-21(17)18;/h4-13H,3,14-16H2,1-2H3,(H2,23,25,26);1H. The second-order valence-electron chi connectivity index (χ2n) is 6.14. The molecule has 0 amide bonds. The molecule has 3 rings (SSSR count). The van der Waals surface area contributed by atoms with Gasteiger partial charge in [0.1, 0.15) is 18.1 Å². The molecule has 2 N–H and O–H groups in total. The summed E-state index contributed by atoms with van der Waals surface area (Å²) in [7, 11) is 1.65.